The zero-order valence-electron chi connectivity index (χ0n) is 11.6. The number of amidine groups is 1. The van der Waals surface area contributed by atoms with Gasteiger partial charge in [-0.3, -0.25) is 4.99 Å². The van der Waals surface area contributed by atoms with Crippen molar-refractivity contribution in [3.05, 3.63) is 35.6 Å². The quantitative estimate of drug-likeness (QED) is 0.920. The fraction of sp³-hybridized carbons (Fsp3) is 0.562. The van der Waals surface area contributed by atoms with Crippen LogP contribution in [0.4, 0.5) is 4.39 Å². The van der Waals surface area contributed by atoms with Gasteiger partial charge in [0, 0.05) is 18.3 Å². The van der Waals surface area contributed by atoms with Gasteiger partial charge in [-0.1, -0.05) is 42.8 Å². The predicted molar refractivity (Wildman–Crippen MR) is 83.7 cm³/mol. The van der Waals surface area contributed by atoms with Crippen LogP contribution in [-0.4, -0.2) is 23.5 Å². The molecule has 0 aromatic heterocycles. The summed E-state index contributed by atoms with van der Waals surface area (Å²) in [7, 11) is 0. The first kappa shape index (κ1) is 13.9. The molecule has 0 amide bonds. The average Bonchev–Trinajstić information content (AvgIpc) is 2.49. The van der Waals surface area contributed by atoms with Crippen molar-refractivity contribution in [3.8, 4) is 0 Å². The lowest BCUT2D eigenvalue weighted by Crippen LogP contribution is -2.46. The Morgan fingerprint density at radius 2 is 2.10 bits per heavy atom. The molecule has 1 aromatic carbocycles. The molecule has 4 heteroatoms. The number of benzene rings is 1. The molecule has 1 aliphatic heterocycles. The summed E-state index contributed by atoms with van der Waals surface area (Å²) in [4.78, 5) is 4.61. The van der Waals surface area contributed by atoms with Crippen LogP contribution in [-0.2, 0) is 6.42 Å². The SMILES string of the molecule is Fc1ccccc1CCN=C1NC2CCCCC2CS1. The largest absolute Gasteiger partial charge is 0.362 e. The Morgan fingerprint density at radius 3 is 3.00 bits per heavy atom. The number of fused-ring (bicyclic) bond motifs is 1. The fourth-order valence-corrected chi connectivity index (χ4v) is 4.24. The van der Waals surface area contributed by atoms with E-state index >= 15 is 0 Å². The zero-order valence-corrected chi connectivity index (χ0v) is 12.5. The van der Waals surface area contributed by atoms with E-state index in [0.29, 0.717) is 19.0 Å². The summed E-state index contributed by atoms with van der Waals surface area (Å²) in [6.45, 7) is 0.660. The topological polar surface area (TPSA) is 24.4 Å². The molecule has 2 aliphatic rings. The molecule has 20 heavy (non-hydrogen) atoms. The zero-order chi connectivity index (χ0) is 13.8. The van der Waals surface area contributed by atoms with Gasteiger partial charge < -0.3 is 5.32 Å². The predicted octanol–water partition coefficient (Wildman–Crippen LogP) is 3.62. The lowest BCUT2D eigenvalue weighted by molar-refractivity contribution is 0.311. The van der Waals surface area contributed by atoms with E-state index < -0.39 is 0 Å². The van der Waals surface area contributed by atoms with E-state index in [0.717, 1.165) is 16.6 Å². The van der Waals surface area contributed by atoms with Crippen LogP contribution in [0.25, 0.3) is 0 Å². The standard InChI is InChI=1S/C16H21FN2S/c17-14-7-3-1-5-12(14)9-10-18-16-19-15-8-4-2-6-13(15)11-20-16/h1,3,5,7,13,15H,2,4,6,8-11H2,(H,18,19). The minimum atomic E-state index is -0.121. The molecule has 1 heterocycles. The van der Waals surface area contributed by atoms with Crippen LogP contribution in [0, 0.1) is 11.7 Å². The molecule has 1 saturated carbocycles. The Morgan fingerprint density at radius 1 is 1.25 bits per heavy atom. The number of hydrogen-bond acceptors (Lipinski definition) is 2. The van der Waals surface area contributed by atoms with Crippen molar-refractivity contribution >= 4 is 16.9 Å². The molecule has 1 aliphatic carbocycles. The van der Waals surface area contributed by atoms with E-state index in [1.54, 1.807) is 6.07 Å². The molecule has 108 valence electrons. The lowest BCUT2D eigenvalue weighted by atomic mass is 9.86. The van der Waals surface area contributed by atoms with Crippen LogP contribution in [0.3, 0.4) is 0 Å². The summed E-state index contributed by atoms with van der Waals surface area (Å²) in [6.07, 6.45) is 6.02. The maximum Gasteiger partial charge on any atom is 0.156 e. The highest BCUT2D eigenvalue weighted by Gasteiger charge is 2.29. The Balaban J connectivity index is 1.53. The molecule has 1 aromatic rings. The van der Waals surface area contributed by atoms with E-state index in [2.05, 4.69) is 10.3 Å². The fourth-order valence-electron chi connectivity index (χ4n) is 3.05. The number of aliphatic imine (C=N–C) groups is 1. The van der Waals surface area contributed by atoms with E-state index in [-0.39, 0.29) is 5.82 Å². The molecule has 0 bridgehead atoms. The van der Waals surface area contributed by atoms with E-state index in [4.69, 9.17) is 0 Å². The third-order valence-electron chi connectivity index (χ3n) is 4.25. The molecule has 2 atom stereocenters. The van der Waals surface area contributed by atoms with E-state index in [1.807, 2.05) is 23.9 Å². The molecular weight excluding hydrogens is 271 g/mol. The molecule has 0 spiro atoms. The minimum Gasteiger partial charge on any atom is -0.362 e. The third kappa shape index (κ3) is 3.35. The van der Waals surface area contributed by atoms with Crippen molar-refractivity contribution < 1.29 is 4.39 Å². The summed E-state index contributed by atoms with van der Waals surface area (Å²) in [5.41, 5.74) is 0.758. The maximum absolute atomic E-state index is 13.5. The molecule has 2 fully saturated rings. The number of nitrogens with zero attached hydrogens (tertiary/aromatic N) is 1. The molecule has 2 nitrogen and oxygen atoms in total. The van der Waals surface area contributed by atoms with Gasteiger partial charge in [0.15, 0.2) is 5.17 Å². The second kappa shape index (κ2) is 6.61. The number of halogens is 1. The number of rotatable bonds is 3. The van der Waals surface area contributed by atoms with E-state index in [9.17, 15) is 4.39 Å². The van der Waals surface area contributed by atoms with Gasteiger partial charge >= 0.3 is 0 Å². The molecule has 2 unspecified atom stereocenters. The van der Waals surface area contributed by atoms with Crippen molar-refractivity contribution in [3.63, 3.8) is 0 Å². The van der Waals surface area contributed by atoms with Gasteiger partial charge in [0.25, 0.3) is 0 Å². The second-order valence-corrected chi connectivity index (χ2v) is 6.64. The van der Waals surface area contributed by atoms with Crippen molar-refractivity contribution in [1.82, 2.24) is 5.32 Å². The third-order valence-corrected chi connectivity index (χ3v) is 5.36. The van der Waals surface area contributed by atoms with Crippen LogP contribution >= 0.6 is 11.8 Å². The molecule has 3 rings (SSSR count). The van der Waals surface area contributed by atoms with Gasteiger partial charge in [0.2, 0.25) is 0 Å². The molecule has 1 saturated heterocycles. The minimum absolute atomic E-state index is 0.121. The molecular formula is C16H21FN2S. The van der Waals surface area contributed by atoms with Crippen molar-refractivity contribution in [1.29, 1.82) is 0 Å². The van der Waals surface area contributed by atoms with Crippen molar-refractivity contribution in [2.45, 2.75) is 38.1 Å². The van der Waals surface area contributed by atoms with Crippen LogP contribution in [0.2, 0.25) is 0 Å². The van der Waals surface area contributed by atoms with Crippen molar-refractivity contribution in [2.75, 3.05) is 12.3 Å². The maximum atomic E-state index is 13.5. The summed E-state index contributed by atoms with van der Waals surface area (Å²) < 4.78 is 13.5. The van der Waals surface area contributed by atoms with Gasteiger partial charge in [-0.15, -0.1) is 0 Å². The smallest absolute Gasteiger partial charge is 0.156 e. The molecule has 1 N–H and O–H groups in total. The Bertz CT molecular complexity index is 489. The van der Waals surface area contributed by atoms with Crippen LogP contribution in [0.1, 0.15) is 31.2 Å². The van der Waals surface area contributed by atoms with Gasteiger partial charge in [-0.05, 0) is 36.8 Å². The highest BCUT2D eigenvalue weighted by atomic mass is 32.2. The first-order valence-electron chi connectivity index (χ1n) is 7.50. The van der Waals surface area contributed by atoms with Gasteiger partial charge in [-0.25, -0.2) is 4.39 Å². The summed E-state index contributed by atoms with van der Waals surface area (Å²) in [5, 5.41) is 4.64. The first-order valence-corrected chi connectivity index (χ1v) is 8.48. The number of hydrogen-bond donors (Lipinski definition) is 1. The Kier molecular flexibility index (Phi) is 4.61. The van der Waals surface area contributed by atoms with Crippen LogP contribution < -0.4 is 5.32 Å². The van der Waals surface area contributed by atoms with Crippen LogP contribution in [0.5, 0.6) is 0 Å². The summed E-state index contributed by atoms with van der Waals surface area (Å²) in [5.74, 6) is 1.89. The Hall–Kier alpha value is -1.03. The first-order chi connectivity index (χ1) is 9.83. The molecule has 0 radical (unpaired) electrons. The average molecular weight is 292 g/mol. The summed E-state index contributed by atoms with van der Waals surface area (Å²) in [6, 6.07) is 7.59. The highest BCUT2D eigenvalue weighted by Crippen LogP contribution is 2.31. The van der Waals surface area contributed by atoms with E-state index in [1.165, 1.54) is 37.5 Å². The summed E-state index contributed by atoms with van der Waals surface area (Å²) >= 11 is 1.83. The Labute approximate surface area is 124 Å². The van der Waals surface area contributed by atoms with Gasteiger partial charge in [0.1, 0.15) is 5.82 Å². The van der Waals surface area contributed by atoms with Gasteiger partial charge in [-0.2, -0.15) is 0 Å². The normalized spacial score (nSPS) is 27.9. The lowest BCUT2D eigenvalue weighted by Gasteiger charge is -2.36. The number of thioether (sulfide) groups is 1. The van der Waals surface area contributed by atoms with Gasteiger partial charge in [0.05, 0.1) is 0 Å². The monoisotopic (exact) mass is 292 g/mol. The van der Waals surface area contributed by atoms with Crippen molar-refractivity contribution in [2.24, 2.45) is 10.9 Å². The highest BCUT2D eigenvalue weighted by molar-refractivity contribution is 8.13. The number of nitrogens with one attached hydrogen (secondary N) is 1. The van der Waals surface area contributed by atoms with Crippen LogP contribution in [0.15, 0.2) is 29.3 Å². The second-order valence-electron chi connectivity index (χ2n) is 5.63.